The first-order valence-electron chi connectivity index (χ1n) is 6.38. The Bertz CT molecular complexity index is 563. The van der Waals surface area contributed by atoms with Gasteiger partial charge in [-0.25, -0.2) is 0 Å². The molecule has 1 N–H and O–H groups in total. The van der Waals surface area contributed by atoms with Crippen LogP contribution in [-0.2, 0) is 0 Å². The summed E-state index contributed by atoms with van der Waals surface area (Å²) >= 11 is 1.86. The van der Waals surface area contributed by atoms with E-state index in [1.54, 1.807) is 0 Å². The lowest BCUT2D eigenvalue weighted by Gasteiger charge is -2.23. The van der Waals surface area contributed by atoms with Gasteiger partial charge in [-0.3, -0.25) is 0 Å². The number of fused-ring (bicyclic) bond motifs is 2. The van der Waals surface area contributed by atoms with Crippen LogP contribution in [0, 0.1) is 5.92 Å². The molecule has 0 saturated carbocycles. The van der Waals surface area contributed by atoms with Crippen molar-refractivity contribution >= 4 is 17.4 Å². The molecule has 0 aliphatic carbocycles. The minimum atomic E-state index is 0.386. The van der Waals surface area contributed by atoms with Crippen LogP contribution in [0.15, 0.2) is 58.3 Å². The molecule has 1 aliphatic rings. The van der Waals surface area contributed by atoms with Gasteiger partial charge in [0.05, 0.1) is 6.04 Å². The molecule has 0 radical (unpaired) electrons. The third-order valence-electron chi connectivity index (χ3n) is 3.34. The molecule has 0 fully saturated rings. The summed E-state index contributed by atoms with van der Waals surface area (Å²) in [5.41, 5.74) is 2.66. The topological polar surface area (TPSA) is 12.0 Å². The lowest BCUT2D eigenvalue weighted by Crippen LogP contribution is -2.16. The van der Waals surface area contributed by atoms with Crippen LogP contribution in [0.2, 0.25) is 0 Å². The summed E-state index contributed by atoms with van der Waals surface area (Å²) in [6.45, 7) is 4.54. The molecule has 0 bridgehead atoms. The Balaban J connectivity index is 2.14. The van der Waals surface area contributed by atoms with Crippen LogP contribution in [0.5, 0.6) is 0 Å². The van der Waals surface area contributed by atoms with E-state index in [2.05, 4.69) is 67.7 Å². The van der Waals surface area contributed by atoms with Crippen LogP contribution in [0.25, 0.3) is 0 Å². The van der Waals surface area contributed by atoms with Gasteiger partial charge in [-0.05, 0) is 29.7 Å². The van der Waals surface area contributed by atoms with Crippen molar-refractivity contribution in [2.24, 2.45) is 5.92 Å². The number of hydrogen-bond acceptors (Lipinski definition) is 2. The second-order valence-electron chi connectivity index (χ2n) is 5.00. The van der Waals surface area contributed by atoms with E-state index in [-0.39, 0.29) is 0 Å². The van der Waals surface area contributed by atoms with Crippen molar-refractivity contribution in [1.29, 1.82) is 0 Å². The van der Waals surface area contributed by atoms with Crippen LogP contribution in [0.3, 0.4) is 0 Å². The molecule has 1 heterocycles. The Morgan fingerprint density at radius 2 is 1.61 bits per heavy atom. The van der Waals surface area contributed by atoms with Crippen molar-refractivity contribution < 1.29 is 0 Å². The molecule has 18 heavy (non-hydrogen) atoms. The molecule has 1 atom stereocenters. The predicted octanol–water partition coefficient (Wildman–Crippen LogP) is 4.96. The maximum absolute atomic E-state index is 3.69. The average molecular weight is 255 g/mol. The van der Waals surface area contributed by atoms with Gasteiger partial charge in [-0.2, -0.15) is 0 Å². The quantitative estimate of drug-likeness (QED) is 0.773. The first-order chi connectivity index (χ1) is 8.75. The van der Waals surface area contributed by atoms with Gasteiger partial charge in [0.15, 0.2) is 0 Å². The molecule has 2 heteroatoms. The molecule has 2 aromatic carbocycles. The third-order valence-corrected chi connectivity index (χ3v) is 4.51. The highest BCUT2D eigenvalue weighted by Gasteiger charge is 2.23. The number of para-hydroxylation sites is 1. The first-order valence-corrected chi connectivity index (χ1v) is 7.19. The largest absolute Gasteiger partial charge is 0.377 e. The van der Waals surface area contributed by atoms with Gasteiger partial charge in [0.2, 0.25) is 0 Å². The fourth-order valence-electron chi connectivity index (χ4n) is 2.39. The van der Waals surface area contributed by atoms with E-state index in [4.69, 9.17) is 0 Å². The number of benzene rings is 2. The molecule has 1 nitrogen and oxygen atoms in total. The van der Waals surface area contributed by atoms with E-state index in [1.165, 1.54) is 21.0 Å². The van der Waals surface area contributed by atoms with Crippen molar-refractivity contribution in [2.45, 2.75) is 29.7 Å². The summed E-state index contributed by atoms with van der Waals surface area (Å²) in [7, 11) is 0. The molecule has 0 amide bonds. The van der Waals surface area contributed by atoms with Gasteiger partial charge < -0.3 is 5.32 Å². The zero-order valence-corrected chi connectivity index (χ0v) is 11.5. The monoisotopic (exact) mass is 255 g/mol. The number of nitrogens with one attached hydrogen (secondary N) is 1. The Hall–Kier alpha value is -1.41. The van der Waals surface area contributed by atoms with Crippen molar-refractivity contribution in [2.75, 3.05) is 5.32 Å². The summed E-state index contributed by atoms with van der Waals surface area (Å²) < 4.78 is 0. The zero-order valence-electron chi connectivity index (χ0n) is 10.7. The van der Waals surface area contributed by atoms with Crippen molar-refractivity contribution in [1.82, 2.24) is 0 Å². The molecule has 0 spiro atoms. The Morgan fingerprint density at radius 1 is 0.944 bits per heavy atom. The van der Waals surface area contributed by atoms with Crippen LogP contribution >= 0.6 is 11.8 Å². The summed E-state index contributed by atoms with van der Waals surface area (Å²) in [6.07, 6.45) is 0. The number of anilines is 1. The Labute approximate surface area is 113 Å². The van der Waals surface area contributed by atoms with Gasteiger partial charge in [0.25, 0.3) is 0 Å². The van der Waals surface area contributed by atoms with Gasteiger partial charge in [-0.15, -0.1) is 0 Å². The summed E-state index contributed by atoms with van der Waals surface area (Å²) in [5.74, 6) is 0.568. The van der Waals surface area contributed by atoms with E-state index < -0.39 is 0 Å². The van der Waals surface area contributed by atoms with Gasteiger partial charge in [0.1, 0.15) is 0 Å². The second kappa shape index (κ2) is 4.69. The van der Waals surface area contributed by atoms with E-state index in [9.17, 15) is 0 Å². The van der Waals surface area contributed by atoms with Crippen molar-refractivity contribution in [3.8, 4) is 0 Å². The minimum Gasteiger partial charge on any atom is -0.377 e. The maximum atomic E-state index is 3.69. The van der Waals surface area contributed by atoms with Gasteiger partial charge >= 0.3 is 0 Å². The molecular formula is C16H17NS. The normalized spacial score (nSPS) is 17.6. The highest BCUT2D eigenvalue weighted by molar-refractivity contribution is 7.99. The van der Waals surface area contributed by atoms with Crippen LogP contribution in [0.4, 0.5) is 5.69 Å². The van der Waals surface area contributed by atoms with Crippen LogP contribution in [-0.4, -0.2) is 0 Å². The fraction of sp³-hybridized carbons (Fsp3) is 0.250. The molecule has 3 rings (SSSR count). The molecule has 2 aromatic rings. The highest BCUT2D eigenvalue weighted by atomic mass is 32.2. The SMILES string of the molecule is CC(C)C1Nc2ccccc2Sc2ccccc21. The average Bonchev–Trinajstić information content (AvgIpc) is 2.55. The molecule has 0 aromatic heterocycles. The molecular weight excluding hydrogens is 238 g/mol. The van der Waals surface area contributed by atoms with Crippen molar-refractivity contribution in [3.05, 3.63) is 54.1 Å². The highest BCUT2D eigenvalue weighted by Crippen LogP contribution is 2.43. The predicted molar refractivity (Wildman–Crippen MR) is 78.2 cm³/mol. The second-order valence-corrected chi connectivity index (χ2v) is 6.09. The third kappa shape index (κ3) is 2.01. The first kappa shape index (κ1) is 11.7. The van der Waals surface area contributed by atoms with Crippen LogP contribution < -0.4 is 5.32 Å². The zero-order chi connectivity index (χ0) is 12.5. The summed E-state index contributed by atoms with van der Waals surface area (Å²) in [6, 6.07) is 17.7. The fourth-order valence-corrected chi connectivity index (χ4v) is 3.47. The van der Waals surface area contributed by atoms with E-state index in [0.717, 1.165) is 0 Å². The lowest BCUT2D eigenvalue weighted by molar-refractivity contribution is 0.540. The molecule has 0 saturated heterocycles. The maximum Gasteiger partial charge on any atom is 0.0548 e. The minimum absolute atomic E-state index is 0.386. The Kier molecular flexibility index (Phi) is 3.04. The van der Waals surface area contributed by atoms with Crippen molar-refractivity contribution in [3.63, 3.8) is 0 Å². The summed E-state index contributed by atoms with van der Waals surface area (Å²) in [5, 5.41) is 3.69. The molecule has 1 aliphatic heterocycles. The molecule has 92 valence electrons. The number of hydrogen-bond donors (Lipinski definition) is 1. The van der Waals surface area contributed by atoms with E-state index in [0.29, 0.717) is 12.0 Å². The smallest absolute Gasteiger partial charge is 0.0548 e. The van der Waals surface area contributed by atoms with Gasteiger partial charge in [-0.1, -0.05) is 55.9 Å². The standard InChI is InChI=1S/C16H17NS/c1-11(2)16-12-7-3-5-9-14(12)18-15-10-6-4-8-13(15)17-16/h3-11,16-17H,1-2H3. The molecule has 1 unspecified atom stereocenters. The van der Waals surface area contributed by atoms with E-state index >= 15 is 0 Å². The number of rotatable bonds is 1. The Morgan fingerprint density at radius 3 is 2.39 bits per heavy atom. The lowest BCUT2D eigenvalue weighted by atomic mass is 9.95. The summed E-state index contributed by atoms with van der Waals surface area (Å²) in [4.78, 5) is 2.68. The van der Waals surface area contributed by atoms with Crippen LogP contribution in [0.1, 0.15) is 25.5 Å². The van der Waals surface area contributed by atoms with E-state index in [1.807, 2.05) is 11.8 Å². The van der Waals surface area contributed by atoms with Gasteiger partial charge in [0, 0.05) is 15.5 Å².